The van der Waals surface area contributed by atoms with Gasteiger partial charge in [-0.05, 0) is 37.6 Å². The molecule has 0 unspecified atom stereocenters. The van der Waals surface area contributed by atoms with Crippen LogP contribution in [0.5, 0.6) is 5.75 Å². The number of hydrogen-bond donors (Lipinski definition) is 1. The summed E-state index contributed by atoms with van der Waals surface area (Å²) < 4.78 is 7.20. The van der Waals surface area contributed by atoms with E-state index in [-0.39, 0.29) is 5.91 Å². The third kappa shape index (κ3) is 3.69. The molecule has 1 amide bonds. The molecular formula is C23H22N4O2. The normalized spacial score (nSPS) is 10.9. The molecule has 0 saturated carbocycles. The molecule has 6 nitrogen and oxygen atoms in total. The summed E-state index contributed by atoms with van der Waals surface area (Å²) in [6.07, 6.45) is 0. The van der Waals surface area contributed by atoms with Crippen LogP contribution in [-0.2, 0) is 6.54 Å². The Bertz CT molecular complexity index is 1180. The van der Waals surface area contributed by atoms with E-state index in [0.29, 0.717) is 29.2 Å². The number of nitrogens with zero attached hydrogens (tertiary/aromatic N) is 3. The molecule has 29 heavy (non-hydrogen) atoms. The Balaban J connectivity index is 1.76. The summed E-state index contributed by atoms with van der Waals surface area (Å²) in [5.74, 6) is 0.395. The number of anilines is 1. The lowest BCUT2D eigenvalue weighted by Crippen LogP contribution is -2.14. The Kier molecular flexibility index (Phi) is 4.99. The second-order valence-corrected chi connectivity index (χ2v) is 6.89. The van der Waals surface area contributed by atoms with Crippen LogP contribution in [-0.4, -0.2) is 27.8 Å². The zero-order valence-corrected chi connectivity index (χ0v) is 16.6. The van der Waals surface area contributed by atoms with E-state index in [1.165, 1.54) is 0 Å². The first-order chi connectivity index (χ1) is 14.1. The van der Waals surface area contributed by atoms with Crippen LogP contribution >= 0.6 is 0 Å². The molecule has 0 atom stereocenters. The largest absolute Gasteiger partial charge is 0.495 e. The molecule has 1 N–H and O–H groups in total. The van der Waals surface area contributed by atoms with Gasteiger partial charge in [0.2, 0.25) is 0 Å². The van der Waals surface area contributed by atoms with Gasteiger partial charge in [-0.2, -0.15) is 5.10 Å². The van der Waals surface area contributed by atoms with Gasteiger partial charge in [-0.3, -0.25) is 4.79 Å². The highest BCUT2D eigenvalue weighted by Crippen LogP contribution is 2.27. The summed E-state index contributed by atoms with van der Waals surface area (Å²) >= 11 is 0. The van der Waals surface area contributed by atoms with Crippen LogP contribution in [0.3, 0.4) is 0 Å². The second-order valence-electron chi connectivity index (χ2n) is 6.89. The van der Waals surface area contributed by atoms with Crippen LogP contribution in [0.1, 0.15) is 27.3 Å². The fourth-order valence-corrected chi connectivity index (χ4v) is 3.46. The molecule has 0 spiro atoms. The van der Waals surface area contributed by atoms with Crippen LogP contribution in [0.15, 0.2) is 60.7 Å². The lowest BCUT2D eigenvalue weighted by atomic mass is 10.1. The van der Waals surface area contributed by atoms with Gasteiger partial charge in [-0.15, -0.1) is 0 Å². The van der Waals surface area contributed by atoms with Gasteiger partial charge in [-0.25, -0.2) is 9.67 Å². The zero-order chi connectivity index (χ0) is 20.4. The number of para-hydroxylation sites is 2. The molecule has 146 valence electrons. The molecule has 0 fully saturated rings. The molecule has 0 aliphatic heterocycles. The number of aryl methyl sites for hydroxylation is 2. The van der Waals surface area contributed by atoms with Crippen LogP contribution in [0.4, 0.5) is 5.69 Å². The Morgan fingerprint density at radius 2 is 1.79 bits per heavy atom. The summed E-state index contributed by atoms with van der Waals surface area (Å²) in [6, 6.07) is 19.2. The van der Waals surface area contributed by atoms with E-state index >= 15 is 0 Å². The molecule has 4 aromatic rings. The maximum atomic E-state index is 13.1. The monoisotopic (exact) mass is 386 g/mol. The van der Waals surface area contributed by atoms with Gasteiger partial charge in [0.05, 0.1) is 36.0 Å². The van der Waals surface area contributed by atoms with E-state index in [1.807, 2.05) is 73.1 Å². The van der Waals surface area contributed by atoms with Gasteiger partial charge in [-0.1, -0.05) is 42.5 Å². The number of nitrogens with one attached hydrogen (secondary N) is 1. The molecule has 0 saturated heterocycles. The van der Waals surface area contributed by atoms with Crippen molar-refractivity contribution in [3.63, 3.8) is 0 Å². The number of amides is 1. The number of carbonyl (C=O) groups is 1. The predicted octanol–water partition coefficient (Wildman–Crippen LogP) is 4.36. The average molecular weight is 386 g/mol. The Morgan fingerprint density at radius 1 is 1.07 bits per heavy atom. The molecule has 6 heteroatoms. The molecule has 2 aromatic heterocycles. The predicted molar refractivity (Wildman–Crippen MR) is 113 cm³/mol. The molecule has 2 heterocycles. The Hall–Kier alpha value is -3.67. The van der Waals surface area contributed by atoms with Crippen LogP contribution in [0, 0.1) is 13.8 Å². The van der Waals surface area contributed by atoms with E-state index in [4.69, 9.17) is 4.74 Å². The highest BCUT2D eigenvalue weighted by molar-refractivity contribution is 6.13. The van der Waals surface area contributed by atoms with Crippen LogP contribution in [0.25, 0.3) is 11.0 Å². The number of fused-ring (bicyclic) bond motifs is 1. The highest BCUT2D eigenvalue weighted by Gasteiger charge is 2.20. The minimum atomic E-state index is -0.215. The number of methoxy groups -OCH3 is 1. The molecule has 0 radical (unpaired) electrons. The number of hydrogen-bond acceptors (Lipinski definition) is 4. The van der Waals surface area contributed by atoms with Crippen LogP contribution in [0.2, 0.25) is 0 Å². The van der Waals surface area contributed by atoms with Gasteiger partial charge < -0.3 is 10.1 Å². The first kappa shape index (κ1) is 18.7. The summed E-state index contributed by atoms with van der Waals surface area (Å²) in [5.41, 5.74) is 4.54. The quantitative estimate of drug-likeness (QED) is 0.553. The van der Waals surface area contributed by atoms with E-state index in [9.17, 15) is 4.79 Å². The van der Waals surface area contributed by atoms with E-state index in [0.717, 1.165) is 22.3 Å². The standard InChI is InChI=1S/C23H22N4O2/c1-15-13-18(23(28)25-19-11-7-8-12-20(19)29-3)21-16(2)26-27(22(21)24-15)14-17-9-5-4-6-10-17/h4-13H,14H2,1-3H3,(H,25,28). The summed E-state index contributed by atoms with van der Waals surface area (Å²) in [5, 5.41) is 8.38. The van der Waals surface area contributed by atoms with E-state index in [2.05, 4.69) is 15.4 Å². The number of benzene rings is 2. The number of aromatic nitrogens is 3. The second kappa shape index (κ2) is 7.75. The maximum absolute atomic E-state index is 13.1. The third-order valence-corrected chi connectivity index (χ3v) is 4.78. The van der Waals surface area contributed by atoms with Crippen molar-refractivity contribution in [2.45, 2.75) is 20.4 Å². The van der Waals surface area contributed by atoms with Crippen molar-refractivity contribution >= 4 is 22.6 Å². The fourth-order valence-electron chi connectivity index (χ4n) is 3.46. The van der Waals surface area contributed by atoms with E-state index < -0.39 is 0 Å². The molecule has 0 aliphatic carbocycles. The van der Waals surface area contributed by atoms with Crippen molar-refractivity contribution in [1.29, 1.82) is 0 Å². The molecule has 4 rings (SSSR count). The Labute approximate surface area is 169 Å². The Morgan fingerprint density at radius 3 is 2.55 bits per heavy atom. The number of pyridine rings is 1. The van der Waals surface area contributed by atoms with Crippen molar-refractivity contribution in [3.05, 3.63) is 83.2 Å². The summed E-state index contributed by atoms with van der Waals surface area (Å²) in [6.45, 7) is 4.38. The van der Waals surface area contributed by atoms with Crippen LogP contribution < -0.4 is 10.1 Å². The molecule has 0 aliphatic rings. The first-order valence-corrected chi connectivity index (χ1v) is 9.40. The lowest BCUT2D eigenvalue weighted by Gasteiger charge is -2.11. The first-order valence-electron chi connectivity index (χ1n) is 9.40. The highest BCUT2D eigenvalue weighted by atomic mass is 16.5. The number of rotatable bonds is 5. The number of ether oxygens (including phenoxy) is 1. The summed E-state index contributed by atoms with van der Waals surface area (Å²) in [4.78, 5) is 17.8. The van der Waals surface area contributed by atoms with Gasteiger partial charge in [0, 0.05) is 5.69 Å². The molecular weight excluding hydrogens is 364 g/mol. The van der Waals surface area contributed by atoms with Gasteiger partial charge >= 0.3 is 0 Å². The summed E-state index contributed by atoms with van der Waals surface area (Å²) in [7, 11) is 1.58. The minimum absolute atomic E-state index is 0.215. The maximum Gasteiger partial charge on any atom is 0.256 e. The van der Waals surface area contributed by atoms with Crippen molar-refractivity contribution < 1.29 is 9.53 Å². The van der Waals surface area contributed by atoms with Crippen molar-refractivity contribution in [1.82, 2.24) is 14.8 Å². The van der Waals surface area contributed by atoms with Gasteiger partial charge in [0.1, 0.15) is 5.75 Å². The van der Waals surface area contributed by atoms with Crippen molar-refractivity contribution in [2.75, 3.05) is 12.4 Å². The SMILES string of the molecule is COc1ccccc1NC(=O)c1cc(C)nc2c1c(C)nn2Cc1ccccc1. The lowest BCUT2D eigenvalue weighted by molar-refractivity contribution is 0.102. The minimum Gasteiger partial charge on any atom is -0.495 e. The smallest absolute Gasteiger partial charge is 0.256 e. The van der Waals surface area contributed by atoms with Crippen molar-refractivity contribution in [2.24, 2.45) is 0 Å². The topological polar surface area (TPSA) is 69.0 Å². The molecule has 0 bridgehead atoms. The van der Waals surface area contributed by atoms with Crippen molar-refractivity contribution in [3.8, 4) is 5.75 Å². The fraction of sp³-hybridized carbons (Fsp3) is 0.174. The van der Waals surface area contributed by atoms with Gasteiger partial charge in [0.25, 0.3) is 5.91 Å². The average Bonchev–Trinajstić information content (AvgIpc) is 3.03. The van der Waals surface area contributed by atoms with E-state index in [1.54, 1.807) is 13.2 Å². The number of carbonyl (C=O) groups excluding carboxylic acids is 1. The third-order valence-electron chi connectivity index (χ3n) is 4.78. The van der Waals surface area contributed by atoms with Gasteiger partial charge in [0.15, 0.2) is 5.65 Å². The zero-order valence-electron chi connectivity index (χ0n) is 16.6. The molecule has 2 aromatic carbocycles.